The lowest BCUT2D eigenvalue weighted by Crippen LogP contribution is -2.62. The molecule has 6 heteroatoms. The predicted octanol–water partition coefficient (Wildman–Crippen LogP) is 0.808. The molecule has 3 aliphatic rings. The van der Waals surface area contributed by atoms with Crippen molar-refractivity contribution >= 4 is 5.78 Å². The van der Waals surface area contributed by atoms with Gasteiger partial charge in [-0.25, -0.2) is 0 Å². The quantitative estimate of drug-likeness (QED) is 0.422. The molecule has 1 saturated carbocycles. The molecule has 148 valence electrons. The number of hydrogen-bond acceptors (Lipinski definition) is 6. The molecule has 8 atom stereocenters. The van der Waals surface area contributed by atoms with E-state index >= 15 is 0 Å². The van der Waals surface area contributed by atoms with E-state index in [2.05, 4.69) is 6.08 Å². The Kier molecular flexibility index (Phi) is 4.90. The van der Waals surface area contributed by atoms with Crippen LogP contribution in [0.3, 0.4) is 0 Å². The summed E-state index contributed by atoms with van der Waals surface area (Å²) in [6.45, 7) is 7.47. The van der Waals surface area contributed by atoms with E-state index in [1.54, 1.807) is 0 Å². The van der Waals surface area contributed by atoms with Gasteiger partial charge in [-0.2, -0.15) is 0 Å². The van der Waals surface area contributed by atoms with Crippen LogP contribution in [0.25, 0.3) is 0 Å². The van der Waals surface area contributed by atoms with Gasteiger partial charge in [0.2, 0.25) is 0 Å². The second-order valence-electron chi connectivity index (χ2n) is 8.98. The van der Waals surface area contributed by atoms with Gasteiger partial charge in [0, 0.05) is 0 Å². The zero-order chi connectivity index (χ0) is 19.5. The molecule has 0 radical (unpaired) electrons. The largest absolute Gasteiger partial charge is 0.394 e. The molecule has 0 aromatic heterocycles. The summed E-state index contributed by atoms with van der Waals surface area (Å²) in [5, 5.41) is 41.0. The number of ether oxygens (including phenoxy) is 1. The minimum absolute atomic E-state index is 0.0115. The molecule has 0 amide bonds. The van der Waals surface area contributed by atoms with E-state index in [4.69, 9.17) is 4.74 Å². The van der Waals surface area contributed by atoms with Crippen LogP contribution in [0, 0.1) is 22.7 Å². The molecule has 1 heterocycles. The molecule has 0 spiro atoms. The zero-order valence-corrected chi connectivity index (χ0v) is 16.1. The second kappa shape index (κ2) is 6.38. The highest BCUT2D eigenvalue weighted by Crippen LogP contribution is 2.61. The average molecular weight is 368 g/mol. The Morgan fingerprint density at radius 3 is 2.46 bits per heavy atom. The van der Waals surface area contributed by atoms with Crippen LogP contribution >= 0.6 is 0 Å². The smallest absolute Gasteiger partial charge is 0.171 e. The number of rotatable bonds is 5. The summed E-state index contributed by atoms with van der Waals surface area (Å²) < 4.78 is 5.36. The molecule has 0 aromatic rings. The van der Waals surface area contributed by atoms with Gasteiger partial charge in [-0.15, -0.1) is 0 Å². The number of fused-ring (bicyclic) bond motifs is 1. The number of carbonyl (C=O) groups excluding carboxylic acids is 1. The minimum Gasteiger partial charge on any atom is -0.394 e. The van der Waals surface area contributed by atoms with Crippen molar-refractivity contribution in [3.63, 3.8) is 0 Å². The summed E-state index contributed by atoms with van der Waals surface area (Å²) >= 11 is 0. The Bertz CT molecular complexity index is 611. The van der Waals surface area contributed by atoms with Crippen molar-refractivity contribution in [1.29, 1.82) is 0 Å². The summed E-state index contributed by atoms with van der Waals surface area (Å²) in [5.41, 5.74) is -1.41. The van der Waals surface area contributed by atoms with Crippen LogP contribution in [-0.2, 0) is 9.53 Å². The minimum atomic E-state index is -1.15. The van der Waals surface area contributed by atoms with Crippen LogP contribution in [0.4, 0.5) is 0 Å². The van der Waals surface area contributed by atoms with Gasteiger partial charge in [-0.3, -0.25) is 4.79 Å². The normalized spacial score (nSPS) is 47.8. The van der Waals surface area contributed by atoms with Gasteiger partial charge in [0.15, 0.2) is 5.78 Å². The van der Waals surface area contributed by atoms with E-state index in [-0.39, 0.29) is 24.2 Å². The maximum absolute atomic E-state index is 13.0. The van der Waals surface area contributed by atoms with Crippen molar-refractivity contribution < 1.29 is 30.0 Å². The molecule has 4 N–H and O–H groups in total. The molecule has 26 heavy (non-hydrogen) atoms. The number of aliphatic hydroxyl groups is 4. The molecule has 4 unspecified atom stereocenters. The van der Waals surface area contributed by atoms with Crippen LogP contribution in [-0.4, -0.2) is 63.3 Å². The number of epoxide rings is 1. The molecule has 1 aliphatic heterocycles. The monoisotopic (exact) mass is 368 g/mol. The van der Waals surface area contributed by atoms with E-state index in [0.717, 1.165) is 18.4 Å². The fourth-order valence-electron chi connectivity index (χ4n) is 5.57. The number of hydrogen-bond donors (Lipinski definition) is 4. The first-order chi connectivity index (χ1) is 12.1. The summed E-state index contributed by atoms with van der Waals surface area (Å²) in [6.07, 6.45) is 0.843. The Balaban J connectivity index is 1.96. The van der Waals surface area contributed by atoms with Crippen molar-refractivity contribution in [3.8, 4) is 0 Å². The predicted molar refractivity (Wildman–Crippen MR) is 95.3 cm³/mol. The molecular formula is C20H32O6. The van der Waals surface area contributed by atoms with Crippen LogP contribution in [0.5, 0.6) is 0 Å². The summed E-state index contributed by atoms with van der Waals surface area (Å²) in [6, 6.07) is 0. The third kappa shape index (κ3) is 2.53. The highest BCUT2D eigenvalue weighted by atomic mass is 16.6. The zero-order valence-electron chi connectivity index (χ0n) is 16.1. The van der Waals surface area contributed by atoms with Gasteiger partial charge in [0.05, 0.1) is 24.7 Å². The summed E-state index contributed by atoms with van der Waals surface area (Å²) in [4.78, 5) is 13.0. The molecule has 1 saturated heterocycles. The Morgan fingerprint density at radius 2 is 1.92 bits per heavy atom. The molecule has 2 aliphatic carbocycles. The van der Waals surface area contributed by atoms with E-state index in [0.29, 0.717) is 6.42 Å². The van der Waals surface area contributed by atoms with Gasteiger partial charge in [0.1, 0.15) is 17.8 Å². The summed E-state index contributed by atoms with van der Waals surface area (Å²) in [7, 11) is 0. The standard InChI is InChI=1S/C20H32O6/c1-11-6-5-7-13-18(3,12(2)16(24)17(25)19(11,13)4)8-14(22)20(10-26-20)15(23)9-21/h6,12-16,21-24H,5,7-10H2,1-4H3/t12-,13-,14?,15?,16?,18+,19+,20?/m1/s1. The maximum Gasteiger partial charge on any atom is 0.171 e. The van der Waals surface area contributed by atoms with Gasteiger partial charge in [-0.1, -0.05) is 25.5 Å². The highest BCUT2D eigenvalue weighted by molar-refractivity contribution is 5.93. The van der Waals surface area contributed by atoms with E-state index in [1.165, 1.54) is 0 Å². The first-order valence-electron chi connectivity index (χ1n) is 9.56. The maximum atomic E-state index is 13.0. The number of carbonyl (C=O) groups is 1. The second-order valence-corrected chi connectivity index (χ2v) is 8.98. The fourth-order valence-corrected chi connectivity index (χ4v) is 5.57. The van der Waals surface area contributed by atoms with Crippen molar-refractivity contribution in [2.75, 3.05) is 13.2 Å². The van der Waals surface area contributed by atoms with Crippen LogP contribution in [0.2, 0.25) is 0 Å². The molecule has 6 nitrogen and oxygen atoms in total. The third-order valence-electron chi connectivity index (χ3n) is 7.92. The third-order valence-corrected chi connectivity index (χ3v) is 7.92. The lowest BCUT2D eigenvalue weighted by molar-refractivity contribution is -0.170. The van der Waals surface area contributed by atoms with Crippen molar-refractivity contribution in [3.05, 3.63) is 11.6 Å². The topological polar surface area (TPSA) is 111 Å². The average Bonchev–Trinajstić information content (AvgIpc) is 3.42. The lowest BCUT2D eigenvalue weighted by Gasteiger charge is -2.58. The first kappa shape index (κ1) is 20.0. The molecule has 2 fully saturated rings. The first-order valence-corrected chi connectivity index (χ1v) is 9.56. The summed E-state index contributed by atoms with van der Waals surface area (Å²) in [5.74, 6) is -0.471. The van der Waals surface area contributed by atoms with Gasteiger partial charge >= 0.3 is 0 Å². The van der Waals surface area contributed by atoms with Gasteiger partial charge < -0.3 is 25.2 Å². The number of ketones is 1. The number of allylic oxidation sites excluding steroid dienone is 2. The van der Waals surface area contributed by atoms with Crippen molar-refractivity contribution in [1.82, 2.24) is 0 Å². The number of aliphatic hydroxyl groups excluding tert-OH is 4. The SMILES string of the molecule is CC1=CCC[C@H]2[C@@]1(C)C(=O)C(O)[C@@H](C)[C@]2(C)CC(O)C1(C(O)CO)CO1. The Labute approximate surface area is 154 Å². The van der Waals surface area contributed by atoms with Crippen molar-refractivity contribution in [2.45, 2.75) is 70.9 Å². The van der Waals surface area contributed by atoms with Crippen molar-refractivity contribution in [2.24, 2.45) is 22.7 Å². The Hall–Kier alpha value is -0.790. The molecule has 0 aromatic carbocycles. The Morgan fingerprint density at radius 1 is 1.31 bits per heavy atom. The van der Waals surface area contributed by atoms with Crippen LogP contribution in [0.1, 0.15) is 47.0 Å². The molecular weight excluding hydrogens is 336 g/mol. The van der Waals surface area contributed by atoms with E-state index < -0.39 is 41.3 Å². The van der Waals surface area contributed by atoms with Crippen LogP contribution in [0.15, 0.2) is 11.6 Å². The van der Waals surface area contributed by atoms with Crippen LogP contribution < -0.4 is 0 Å². The van der Waals surface area contributed by atoms with E-state index in [1.807, 2.05) is 27.7 Å². The van der Waals surface area contributed by atoms with Gasteiger partial charge in [-0.05, 0) is 50.4 Å². The highest BCUT2D eigenvalue weighted by Gasteiger charge is 2.64. The van der Waals surface area contributed by atoms with E-state index in [9.17, 15) is 25.2 Å². The molecule has 0 bridgehead atoms. The lowest BCUT2D eigenvalue weighted by atomic mass is 9.45. The fraction of sp³-hybridized carbons (Fsp3) is 0.850. The van der Waals surface area contributed by atoms with Gasteiger partial charge in [0.25, 0.3) is 0 Å². The number of Topliss-reactive ketones (excluding diaryl/α,β-unsaturated/α-hetero) is 1. The molecule has 3 rings (SSSR count).